The third kappa shape index (κ3) is 3.96. The lowest BCUT2D eigenvalue weighted by molar-refractivity contribution is 0.142. The molecule has 1 aromatic carbocycles. The van der Waals surface area contributed by atoms with Gasteiger partial charge in [0.25, 0.3) is 0 Å². The summed E-state index contributed by atoms with van der Waals surface area (Å²) >= 11 is 0. The van der Waals surface area contributed by atoms with Crippen LogP contribution in [0.1, 0.15) is 32.6 Å². The summed E-state index contributed by atoms with van der Waals surface area (Å²) in [6.07, 6.45) is 4.43. The van der Waals surface area contributed by atoms with E-state index in [9.17, 15) is 13.5 Å². The molecule has 21 heavy (non-hydrogen) atoms. The molecule has 5 nitrogen and oxygen atoms in total. The average Bonchev–Trinajstić information content (AvgIpc) is 2.95. The number of nitrogens with one attached hydrogen (secondary N) is 2. The third-order valence-corrected chi connectivity index (χ3v) is 5.73. The van der Waals surface area contributed by atoms with Gasteiger partial charge in [0.15, 0.2) is 0 Å². The fraction of sp³-hybridized carbons (Fsp3) is 0.600. The van der Waals surface area contributed by atoms with Crippen LogP contribution in [0, 0.1) is 5.41 Å². The first-order chi connectivity index (χ1) is 10.0. The highest BCUT2D eigenvalue weighted by Crippen LogP contribution is 2.37. The largest absolute Gasteiger partial charge is 0.396 e. The molecule has 1 aliphatic carbocycles. The summed E-state index contributed by atoms with van der Waals surface area (Å²) < 4.78 is 26.2. The number of benzene rings is 1. The van der Waals surface area contributed by atoms with Crippen molar-refractivity contribution in [3.05, 3.63) is 24.3 Å². The number of hydrogen-bond donors (Lipinski definition) is 3. The summed E-state index contributed by atoms with van der Waals surface area (Å²) in [4.78, 5) is 0.271. The van der Waals surface area contributed by atoms with E-state index < -0.39 is 10.0 Å². The molecule has 0 heterocycles. The van der Waals surface area contributed by atoms with Crippen LogP contribution >= 0.6 is 0 Å². The minimum absolute atomic E-state index is 0.0193. The van der Waals surface area contributed by atoms with Crippen LogP contribution in [0.2, 0.25) is 0 Å². The van der Waals surface area contributed by atoms with Gasteiger partial charge in [0, 0.05) is 24.2 Å². The van der Waals surface area contributed by atoms with Gasteiger partial charge in [-0.2, -0.15) is 0 Å². The van der Waals surface area contributed by atoms with Crippen LogP contribution in [-0.2, 0) is 10.0 Å². The van der Waals surface area contributed by atoms with E-state index in [0.717, 1.165) is 25.1 Å². The molecular weight excluding hydrogens is 288 g/mol. The van der Waals surface area contributed by atoms with Gasteiger partial charge < -0.3 is 10.4 Å². The summed E-state index contributed by atoms with van der Waals surface area (Å²) in [5.41, 5.74) is 0.860. The maximum atomic E-state index is 11.8. The van der Waals surface area contributed by atoms with Crippen molar-refractivity contribution in [2.24, 2.45) is 5.41 Å². The molecule has 1 aromatic rings. The maximum Gasteiger partial charge on any atom is 0.240 e. The first-order valence-electron chi connectivity index (χ1n) is 7.46. The Morgan fingerprint density at radius 1 is 1.19 bits per heavy atom. The molecular formula is C15H24N2O3S. The van der Waals surface area contributed by atoms with Crippen molar-refractivity contribution in [2.45, 2.75) is 37.5 Å². The zero-order valence-corrected chi connectivity index (χ0v) is 13.2. The Balaban J connectivity index is 2.00. The van der Waals surface area contributed by atoms with Gasteiger partial charge in [0.2, 0.25) is 10.0 Å². The van der Waals surface area contributed by atoms with Gasteiger partial charge in [0.05, 0.1) is 11.5 Å². The summed E-state index contributed by atoms with van der Waals surface area (Å²) in [5.74, 6) is 0. The van der Waals surface area contributed by atoms with Crippen LogP contribution in [0.5, 0.6) is 0 Å². The zero-order valence-electron chi connectivity index (χ0n) is 12.4. The fourth-order valence-corrected chi connectivity index (χ4v) is 3.87. The number of anilines is 1. The van der Waals surface area contributed by atoms with E-state index in [0.29, 0.717) is 6.54 Å². The van der Waals surface area contributed by atoms with Gasteiger partial charge in [-0.1, -0.05) is 19.8 Å². The normalized spacial score (nSPS) is 17.8. The Labute approximate surface area is 126 Å². The second kappa shape index (κ2) is 6.77. The van der Waals surface area contributed by atoms with Gasteiger partial charge in [0.1, 0.15) is 0 Å². The van der Waals surface area contributed by atoms with Crippen molar-refractivity contribution in [1.82, 2.24) is 4.72 Å². The lowest BCUT2D eigenvalue weighted by atomic mass is 9.87. The Kier molecular flexibility index (Phi) is 5.24. The highest BCUT2D eigenvalue weighted by molar-refractivity contribution is 7.89. The SMILES string of the molecule is CCNS(=O)(=O)c1ccc(NCC2(CO)CCCC2)cc1. The Morgan fingerprint density at radius 3 is 2.33 bits per heavy atom. The first-order valence-corrected chi connectivity index (χ1v) is 8.94. The molecule has 0 saturated heterocycles. The molecule has 1 saturated carbocycles. The van der Waals surface area contributed by atoms with Crippen LogP contribution in [0.25, 0.3) is 0 Å². The van der Waals surface area contributed by atoms with E-state index in [1.807, 2.05) is 0 Å². The minimum atomic E-state index is -3.39. The summed E-state index contributed by atoms with van der Waals surface area (Å²) in [6, 6.07) is 6.73. The topological polar surface area (TPSA) is 78.4 Å². The van der Waals surface area contributed by atoms with E-state index in [2.05, 4.69) is 10.0 Å². The predicted molar refractivity (Wildman–Crippen MR) is 83.8 cm³/mol. The first kappa shape index (κ1) is 16.3. The second-order valence-corrected chi connectivity index (χ2v) is 7.51. The molecule has 1 aliphatic rings. The lowest BCUT2D eigenvalue weighted by Crippen LogP contribution is -2.30. The summed E-state index contributed by atoms with van der Waals surface area (Å²) in [7, 11) is -3.39. The fourth-order valence-electron chi connectivity index (χ4n) is 2.83. The van der Waals surface area contributed by atoms with Gasteiger partial charge in [-0.15, -0.1) is 0 Å². The molecule has 0 amide bonds. The smallest absolute Gasteiger partial charge is 0.240 e. The molecule has 118 valence electrons. The van der Waals surface area contributed by atoms with Crippen molar-refractivity contribution in [2.75, 3.05) is 25.0 Å². The van der Waals surface area contributed by atoms with Crippen LogP contribution in [-0.4, -0.2) is 33.2 Å². The molecule has 0 aliphatic heterocycles. The van der Waals surface area contributed by atoms with E-state index in [1.54, 1.807) is 31.2 Å². The standard InChI is InChI=1S/C15H24N2O3S/c1-2-17-21(19,20)14-7-5-13(6-8-14)16-11-15(12-18)9-3-4-10-15/h5-8,16-18H,2-4,9-12H2,1H3. The Morgan fingerprint density at radius 2 is 1.81 bits per heavy atom. The van der Waals surface area contributed by atoms with Gasteiger partial charge >= 0.3 is 0 Å². The molecule has 0 bridgehead atoms. The summed E-state index contributed by atoms with van der Waals surface area (Å²) in [5, 5.41) is 12.9. The monoisotopic (exact) mass is 312 g/mol. The molecule has 0 spiro atoms. The number of sulfonamides is 1. The predicted octanol–water partition coefficient (Wildman–Crippen LogP) is 1.95. The highest BCUT2D eigenvalue weighted by atomic mass is 32.2. The Hall–Kier alpha value is -1.11. The molecule has 6 heteroatoms. The van der Waals surface area contributed by atoms with Crippen molar-refractivity contribution in [3.63, 3.8) is 0 Å². The lowest BCUT2D eigenvalue weighted by Gasteiger charge is -2.27. The summed E-state index contributed by atoms with van der Waals surface area (Å²) in [6.45, 7) is 3.06. The van der Waals surface area contributed by atoms with Crippen molar-refractivity contribution in [3.8, 4) is 0 Å². The molecule has 1 fully saturated rings. The maximum absolute atomic E-state index is 11.8. The van der Waals surface area contributed by atoms with E-state index >= 15 is 0 Å². The number of hydrogen-bond acceptors (Lipinski definition) is 4. The Bertz CT molecular complexity index is 549. The van der Waals surface area contributed by atoms with Gasteiger partial charge in [-0.05, 0) is 37.1 Å². The van der Waals surface area contributed by atoms with Crippen molar-refractivity contribution < 1.29 is 13.5 Å². The van der Waals surface area contributed by atoms with Crippen LogP contribution in [0.4, 0.5) is 5.69 Å². The van der Waals surface area contributed by atoms with Crippen molar-refractivity contribution in [1.29, 1.82) is 0 Å². The van der Waals surface area contributed by atoms with Crippen LogP contribution in [0.15, 0.2) is 29.2 Å². The van der Waals surface area contributed by atoms with Gasteiger partial charge in [-0.3, -0.25) is 0 Å². The molecule has 3 N–H and O–H groups in total. The highest BCUT2D eigenvalue weighted by Gasteiger charge is 2.32. The average molecular weight is 312 g/mol. The van der Waals surface area contributed by atoms with Crippen LogP contribution in [0.3, 0.4) is 0 Å². The minimum Gasteiger partial charge on any atom is -0.396 e. The van der Waals surface area contributed by atoms with Gasteiger partial charge in [-0.25, -0.2) is 13.1 Å². The molecule has 0 aromatic heterocycles. The van der Waals surface area contributed by atoms with E-state index in [4.69, 9.17) is 0 Å². The molecule has 0 unspecified atom stereocenters. The number of aliphatic hydroxyl groups excluding tert-OH is 1. The molecule has 0 radical (unpaired) electrons. The molecule has 0 atom stereocenters. The van der Waals surface area contributed by atoms with Crippen LogP contribution < -0.4 is 10.0 Å². The van der Waals surface area contributed by atoms with E-state index in [-0.39, 0.29) is 16.9 Å². The second-order valence-electron chi connectivity index (χ2n) is 5.74. The third-order valence-electron chi connectivity index (χ3n) is 4.17. The molecule has 2 rings (SSSR count). The van der Waals surface area contributed by atoms with Crippen molar-refractivity contribution >= 4 is 15.7 Å². The van der Waals surface area contributed by atoms with E-state index in [1.165, 1.54) is 12.8 Å². The zero-order chi connectivity index (χ0) is 15.3. The number of rotatable bonds is 7. The number of aliphatic hydroxyl groups is 1. The quantitative estimate of drug-likeness (QED) is 0.719.